The van der Waals surface area contributed by atoms with Gasteiger partial charge in [-0.2, -0.15) is 5.10 Å². The molecule has 0 bridgehead atoms. The van der Waals surface area contributed by atoms with Crippen LogP contribution in [0.3, 0.4) is 0 Å². The van der Waals surface area contributed by atoms with Crippen molar-refractivity contribution in [3.8, 4) is 26.7 Å². The van der Waals surface area contributed by atoms with Gasteiger partial charge in [-0.1, -0.05) is 44.2 Å². The van der Waals surface area contributed by atoms with Crippen molar-refractivity contribution >= 4 is 21.2 Å². The lowest BCUT2D eigenvalue weighted by molar-refractivity contribution is 0.602. The van der Waals surface area contributed by atoms with Gasteiger partial charge in [-0.25, -0.2) is 13.1 Å². The first-order chi connectivity index (χ1) is 13.8. The van der Waals surface area contributed by atoms with Crippen LogP contribution in [-0.4, -0.2) is 24.5 Å². The van der Waals surface area contributed by atoms with E-state index in [1.807, 2.05) is 35.1 Å². The van der Waals surface area contributed by atoms with E-state index in [0.717, 1.165) is 26.7 Å². The standard InChI is InChI=1S/C23H22N2O2S2/c1-16(2)19-9-4-5-10-20(19)25-21(13-14-24-25)23-12-11-22(28-23)17-7-6-8-18(15-17)29(3,26)27/h4-16H,1-3H3. The molecule has 2 aromatic heterocycles. The molecule has 2 heterocycles. The maximum absolute atomic E-state index is 11.9. The van der Waals surface area contributed by atoms with Gasteiger partial charge in [-0.05, 0) is 53.4 Å². The van der Waals surface area contributed by atoms with Gasteiger partial charge in [0.05, 0.1) is 27.4 Å². The number of rotatable bonds is 5. The first kappa shape index (κ1) is 19.6. The van der Waals surface area contributed by atoms with E-state index in [2.05, 4.69) is 43.2 Å². The Morgan fingerprint density at radius 2 is 1.69 bits per heavy atom. The molecule has 148 valence electrons. The molecular formula is C23H22N2O2S2. The van der Waals surface area contributed by atoms with E-state index >= 15 is 0 Å². The monoisotopic (exact) mass is 422 g/mol. The van der Waals surface area contributed by atoms with E-state index in [1.165, 1.54) is 11.8 Å². The molecule has 0 fully saturated rings. The second kappa shape index (κ2) is 7.61. The summed E-state index contributed by atoms with van der Waals surface area (Å²) < 4.78 is 25.8. The minimum atomic E-state index is -3.23. The van der Waals surface area contributed by atoms with Crippen molar-refractivity contribution in [2.75, 3.05) is 6.26 Å². The molecule has 0 N–H and O–H groups in total. The fourth-order valence-electron chi connectivity index (χ4n) is 3.36. The van der Waals surface area contributed by atoms with E-state index in [0.29, 0.717) is 10.8 Å². The van der Waals surface area contributed by atoms with Crippen molar-refractivity contribution in [1.82, 2.24) is 9.78 Å². The molecular weight excluding hydrogens is 400 g/mol. The summed E-state index contributed by atoms with van der Waals surface area (Å²) in [6, 6.07) is 21.5. The largest absolute Gasteiger partial charge is 0.232 e. The molecule has 0 saturated carbocycles. The number of benzene rings is 2. The maximum Gasteiger partial charge on any atom is 0.175 e. The third kappa shape index (κ3) is 3.91. The highest BCUT2D eigenvalue weighted by molar-refractivity contribution is 7.90. The van der Waals surface area contributed by atoms with Crippen molar-refractivity contribution in [1.29, 1.82) is 0 Å². The molecule has 0 aliphatic heterocycles. The lowest BCUT2D eigenvalue weighted by Gasteiger charge is -2.14. The van der Waals surface area contributed by atoms with Crippen LogP contribution in [-0.2, 0) is 9.84 Å². The van der Waals surface area contributed by atoms with Crippen LogP contribution in [0.1, 0.15) is 25.3 Å². The zero-order valence-electron chi connectivity index (χ0n) is 16.5. The number of para-hydroxylation sites is 1. The average molecular weight is 423 g/mol. The van der Waals surface area contributed by atoms with E-state index in [9.17, 15) is 8.42 Å². The molecule has 0 radical (unpaired) electrons. The summed E-state index contributed by atoms with van der Waals surface area (Å²) in [5, 5.41) is 4.58. The zero-order valence-corrected chi connectivity index (χ0v) is 18.2. The summed E-state index contributed by atoms with van der Waals surface area (Å²) in [4.78, 5) is 2.44. The molecule has 4 nitrogen and oxygen atoms in total. The predicted octanol–water partition coefficient (Wildman–Crippen LogP) is 5.79. The van der Waals surface area contributed by atoms with Gasteiger partial charge in [0, 0.05) is 11.1 Å². The second-order valence-corrected chi connectivity index (χ2v) is 10.4. The first-order valence-corrected chi connectivity index (χ1v) is 12.1. The topological polar surface area (TPSA) is 52.0 Å². The van der Waals surface area contributed by atoms with Crippen LogP contribution in [0.5, 0.6) is 0 Å². The Bertz CT molecular complexity index is 1270. The van der Waals surface area contributed by atoms with Gasteiger partial charge < -0.3 is 0 Å². The molecule has 2 aromatic carbocycles. The van der Waals surface area contributed by atoms with Crippen LogP contribution in [0.15, 0.2) is 77.8 Å². The van der Waals surface area contributed by atoms with Crippen LogP contribution >= 0.6 is 11.3 Å². The Kier molecular flexibility index (Phi) is 5.15. The Hall–Kier alpha value is -2.70. The highest BCUT2D eigenvalue weighted by Gasteiger charge is 2.15. The first-order valence-electron chi connectivity index (χ1n) is 9.38. The summed E-state index contributed by atoms with van der Waals surface area (Å²) in [6.45, 7) is 4.36. The SMILES string of the molecule is CC(C)c1ccccc1-n1nccc1-c1ccc(-c2cccc(S(C)(=O)=O)c2)s1. The van der Waals surface area contributed by atoms with Gasteiger partial charge in [0.25, 0.3) is 0 Å². The van der Waals surface area contributed by atoms with Crippen molar-refractivity contribution in [3.05, 3.63) is 78.5 Å². The van der Waals surface area contributed by atoms with Crippen LogP contribution in [0, 0.1) is 0 Å². The normalized spacial score (nSPS) is 11.9. The molecule has 0 unspecified atom stereocenters. The summed E-state index contributed by atoms with van der Waals surface area (Å²) >= 11 is 1.63. The highest BCUT2D eigenvalue weighted by atomic mass is 32.2. The molecule has 6 heteroatoms. The number of hydrogen-bond acceptors (Lipinski definition) is 4. The Labute approximate surface area is 175 Å². The number of hydrogen-bond donors (Lipinski definition) is 0. The highest BCUT2D eigenvalue weighted by Crippen LogP contribution is 2.36. The minimum absolute atomic E-state index is 0.334. The molecule has 0 spiro atoms. The molecule has 0 saturated heterocycles. The Morgan fingerprint density at radius 1 is 0.931 bits per heavy atom. The summed E-state index contributed by atoms with van der Waals surface area (Å²) in [5.41, 5.74) is 4.25. The Morgan fingerprint density at radius 3 is 2.45 bits per heavy atom. The fraction of sp³-hybridized carbons (Fsp3) is 0.174. The third-order valence-electron chi connectivity index (χ3n) is 4.83. The number of sulfone groups is 1. The molecule has 0 atom stereocenters. The van der Waals surface area contributed by atoms with Crippen molar-refractivity contribution in [3.63, 3.8) is 0 Å². The summed E-state index contributed by atoms with van der Waals surface area (Å²) in [7, 11) is -3.23. The Balaban J connectivity index is 1.76. The third-order valence-corrected chi connectivity index (χ3v) is 7.10. The molecule has 0 aliphatic rings. The average Bonchev–Trinajstić information content (AvgIpc) is 3.36. The predicted molar refractivity (Wildman–Crippen MR) is 120 cm³/mol. The van der Waals surface area contributed by atoms with Crippen LogP contribution < -0.4 is 0 Å². The van der Waals surface area contributed by atoms with E-state index in [4.69, 9.17) is 0 Å². The molecule has 0 aliphatic carbocycles. The van der Waals surface area contributed by atoms with Crippen LogP contribution in [0.25, 0.3) is 26.7 Å². The number of nitrogens with zero attached hydrogens (tertiary/aromatic N) is 2. The van der Waals surface area contributed by atoms with E-state index in [1.54, 1.807) is 29.5 Å². The van der Waals surface area contributed by atoms with Gasteiger partial charge in [-0.15, -0.1) is 11.3 Å². The lowest BCUT2D eigenvalue weighted by Crippen LogP contribution is -2.03. The van der Waals surface area contributed by atoms with Crippen molar-refractivity contribution in [2.45, 2.75) is 24.7 Å². The zero-order chi connectivity index (χ0) is 20.6. The van der Waals surface area contributed by atoms with Gasteiger partial charge >= 0.3 is 0 Å². The number of aromatic nitrogens is 2. The maximum atomic E-state index is 11.9. The fourth-order valence-corrected chi connectivity index (χ4v) is 5.04. The van der Waals surface area contributed by atoms with E-state index in [-0.39, 0.29) is 0 Å². The number of thiophene rings is 1. The van der Waals surface area contributed by atoms with Gasteiger partial charge in [0.1, 0.15) is 0 Å². The van der Waals surface area contributed by atoms with Crippen molar-refractivity contribution < 1.29 is 8.42 Å². The lowest BCUT2D eigenvalue weighted by atomic mass is 10.0. The van der Waals surface area contributed by atoms with Gasteiger partial charge in [0.2, 0.25) is 0 Å². The quantitative estimate of drug-likeness (QED) is 0.409. The van der Waals surface area contributed by atoms with Crippen molar-refractivity contribution in [2.24, 2.45) is 0 Å². The van der Waals surface area contributed by atoms with Gasteiger partial charge in [0.15, 0.2) is 9.84 Å². The molecule has 4 rings (SSSR count). The van der Waals surface area contributed by atoms with E-state index < -0.39 is 9.84 Å². The molecule has 4 aromatic rings. The second-order valence-electron chi connectivity index (χ2n) is 7.31. The minimum Gasteiger partial charge on any atom is -0.232 e. The van der Waals surface area contributed by atoms with Gasteiger partial charge in [-0.3, -0.25) is 0 Å². The molecule has 0 amide bonds. The summed E-state index contributed by atoms with van der Waals surface area (Å²) in [6.07, 6.45) is 3.05. The van der Waals surface area contributed by atoms with Crippen LogP contribution in [0.2, 0.25) is 0 Å². The molecule has 29 heavy (non-hydrogen) atoms. The van der Waals surface area contributed by atoms with Crippen LogP contribution in [0.4, 0.5) is 0 Å². The smallest absolute Gasteiger partial charge is 0.175 e. The summed E-state index contributed by atoms with van der Waals surface area (Å²) in [5.74, 6) is 0.390.